The Labute approximate surface area is 162 Å². The van der Waals surface area contributed by atoms with E-state index in [0.717, 1.165) is 5.56 Å². The summed E-state index contributed by atoms with van der Waals surface area (Å²) < 4.78 is 13.1. The van der Waals surface area contributed by atoms with Gasteiger partial charge in [0.2, 0.25) is 0 Å². The minimum absolute atomic E-state index is 0.132. The van der Waals surface area contributed by atoms with E-state index in [1.807, 2.05) is 6.92 Å². The lowest BCUT2D eigenvalue weighted by Gasteiger charge is -2.17. The van der Waals surface area contributed by atoms with Crippen LogP contribution in [0.2, 0.25) is 0 Å². The molecule has 144 valence electrons. The summed E-state index contributed by atoms with van der Waals surface area (Å²) in [5.41, 5.74) is 2.12. The standard InChI is InChI=1S/C20H21FN6O/c1-13-16(20(28)27(2)3)10-17(24-11-14-4-6-15(21)7-5-14)25-19(13)26-18-12-22-8-9-23-18/h4-10,12H,11H2,1-3H3,(H2,23,24,25,26). The lowest BCUT2D eigenvalue weighted by Crippen LogP contribution is -2.23. The van der Waals surface area contributed by atoms with Gasteiger partial charge in [0.1, 0.15) is 23.3 Å². The molecular weight excluding hydrogens is 359 g/mol. The molecule has 0 aliphatic heterocycles. The van der Waals surface area contributed by atoms with Crippen molar-refractivity contribution in [2.24, 2.45) is 0 Å². The second kappa shape index (κ2) is 8.43. The molecule has 1 amide bonds. The topological polar surface area (TPSA) is 83.0 Å². The van der Waals surface area contributed by atoms with Crippen molar-refractivity contribution in [3.8, 4) is 0 Å². The molecule has 0 saturated heterocycles. The highest BCUT2D eigenvalue weighted by atomic mass is 19.1. The zero-order chi connectivity index (χ0) is 20.1. The van der Waals surface area contributed by atoms with E-state index >= 15 is 0 Å². The molecule has 0 bridgehead atoms. The van der Waals surface area contributed by atoms with Crippen molar-refractivity contribution in [3.05, 3.63) is 71.4 Å². The van der Waals surface area contributed by atoms with Crippen molar-refractivity contribution < 1.29 is 9.18 Å². The molecule has 0 unspecified atom stereocenters. The number of hydrogen-bond acceptors (Lipinski definition) is 6. The first-order valence-electron chi connectivity index (χ1n) is 8.68. The minimum atomic E-state index is -0.286. The van der Waals surface area contributed by atoms with Crippen molar-refractivity contribution in [3.63, 3.8) is 0 Å². The molecule has 2 aromatic heterocycles. The molecule has 8 heteroatoms. The summed E-state index contributed by atoms with van der Waals surface area (Å²) in [4.78, 5) is 26.9. The quantitative estimate of drug-likeness (QED) is 0.682. The molecule has 3 aromatic rings. The first-order chi connectivity index (χ1) is 13.4. The highest BCUT2D eigenvalue weighted by molar-refractivity contribution is 5.97. The van der Waals surface area contributed by atoms with E-state index in [0.29, 0.717) is 35.1 Å². The summed E-state index contributed by atoms with van der Waals surface area (Å²) >= 11 is 0. The Hall–Kier alpha value is -3.55. The number of rotatable bonds is 6. The van der Waals surface area contributed by atoms with Crippen LogP contribution in [0.15, 0.2) is 48.9 Å². The fourth-order valence-corrected chi connectivity index (χ4v) is 2.56. The SMILES string of the molecule is Cc1c(C(=O)N(C)C)cc(NCc2ccc(F)cc2)nc1Nc1cnccn1. The van der Waals surface area contributed by atoms with Crippen LogP contribution in [0.4, 0.5) is 21.8 Å². The Balaban J connectivity index is 1.91. The largest absolute Gasteiger partial charge is 0.366 e. The third-order valence-electron chi connectivity index (χ3n) is 4.11. The molecule has 2 N–H and O–H groups in total. The molecule has 2 heterocycles. The molecule has 0 fully saturated rings. The average molecular weight is 380 g/mol. The third-order valence-corrected chi connectivity index (χ3v) is 4.11. The smallest absolute Gasteiger partial charge is 0.253 e. The first kappa shape index (κ1) is 19.2. The van der Waals surface area contributed by atoms with Crippen LogP contribution in [-0.2, 0) is 6.54 Å². The van der Waals surface area contributed by atoms with Gasteiger partial charge < -0.3 is 15.5 Å². The van der Waals surface area contributed by atoms with Gasteiger partial charge >= 0.3 is 0 Å². The van der Waals surface area contributed by atoms with E-state index in [1.165, 1.54) is 17.0 Å². The molecule has 0 spiro atoms. The number of carbonyl (C=O) groups excluding carboxylic acids is 1. The minimum Gasteiger partial charge on any atom is -0.366 e. The summed E-state index contributed by atoms with van der Waals surface area (Å²) in [7, 11) is 3.40. The number of carbonyl (C=O) groups is 1. The number of nitrogens with one attached hydrogen (secondary N) is 2. The monoisotopic (exact) mass is 380 g/mol. The molecule has 0 aliphatic carbocycles. The van der Waals surface area contributed by atoms with Crippen LogP contribution in [-0.4, -0.2) is 39.9 Å². The van der Waals surface area contributed by atoms with E-state index in [9.17, 15) is 9.18 Å². The van der Waals surface area contributed by atoms with E-state index in [-0.39, 0.29) is 11.7 Å². The number of aromatic nitrogens is 3. The Bertz CT molecular complexity index is 960. The number of anilines is 3. The molecule has 28 heavy (non-hydrogen) atoms. The van der Waals surface area contributed by atoms with Crippen molar-refractivity contribution in [2.75, 3.05) is 24.7 Å². The molecule has 0 radical (unpaired) electrons. The zero-order valence-electron chi connectivity index (χ0n) is 15.9. The molecule has 0 saturated carbocycles. The van der Waals surface area contributed by atoms with Crippen molar-refractivity contribution in [1.29, 1.82) is 0 Å². The lowest BCUT2D eigenvalue weighted by atomic mass is 10.1. The Morgan fingerprint density at radius 1 is 1.14 bits per heavy atom. The summed E-state index contributed by atoms with van der Waals surface area (Å²) in [6.07, 6.45) is 4.72. The van der Waals surface area contributed by atoms with Gasteiger partial charge in [-0.05, 0) is 30.7 Å². The predicted octanol–water partition coefficient (Wildman–Crippen LogP) is 3.38. The third kappa shape index (κ3) is 4.59. The summed E-state index contributed by atoms with van der Waals surface area (Å²) in [5, 5.41) is 6.30. The van der Waals surface area contributed by atoms with E-state index in [1.54, 1.807) is 50.9 Å². The van der Waals surface area contributed by atoms with Gasteiger partial charge in [0, 0.05) is 44.2 Å². The van der Waals surface area contributed by atoms with E-state index < -0.39 is 0 Å². The maximum absolute atomic E-state index is 13.1. The van der Waals surface area contributed by atoms with Crippen molar-refractivity contribution in [2.45, 2.75) is 13.5 Å². The number of amides is 1. The van der Waals surface area contributed by atoms with Crippen LogP contribution >= 0.6 is 0 Å². The van der Waals surface area contributed by atoms with Crippen LogP contribution in [0, 0.1) is 12.7 Å². The Kier molecular flexibility index (Phi) is 5.78. The van der Waals surface area contributed by atoms with Gasteiger partial charge in [-0.2, -0.15) is 0 Å². The van der Waals surface area contributed by atoms with Gasteiger partial charge in [0.05, 0.1) is 6.20 Å². The summed E-state index contributed by atoms with van der Waals surface area (Å²) in [5.74, 6) is 1.14. The maximum Gasteiger partial charge on any atom is 0.253 e. The van der Waals surface area contributed by atoms with Crippen molar-refractivity contribution in [1.82, 2.24) is 19.9 Å². The predicted molar refractivity (Wildman–Crippen MR) is 106 cm³/mol. The van der Waals surface area contributed by atoms with Crippen LogP contribution in [0.25, 0.3) is 0 Å². The van der Waals surface area contributed by atoms with Crippen LogP contribution < -0.4 is 10.6 Å². The maximum atomic E-state index is 13.1. The number of benzene rings is 1. The zero-order valence-corrected chi connectivity index (χ0v) is 15.9. The molecule has 1 aromatic carbocycles. The highest BCUT2D eigenvalue weighted by Crippen LogP contribution is 2.24. The van der Waals surface area contributed by atoms with Crippen LogP contribution in [0.3, 0.4) is 0 Å². The van der Waals surface area contributed by atoms with E-state index in [2.05, 4.69) is 25.6 Å². The number of hydrogen-bond donors (Lipinski definition) is 2. The second-order valence-electron chi connectivity index (χ2n) is 6.42. The van der Waals surface area contributed by atoms with Gasteiger partial charge in [-0.3, -0.25) is 9.78 Å². The molecular formula is C20H21FN6O. The number of pyridine rings is 1. The Morgan fingerprint density at radius 2 is 1.89 bits per heavy atom. The van der Waals surface area contributed by atoms with Gasteiger partial charge in [-0.25, -0.2) is 14.4 Å². The fourth-order valence-electron chi connectivity index (χ4n) is 2.56. The van der Waals surface area contributed by atoms with Gasteiger partial charge in [0.25, 0.3) is 5.91 Å². The summed E-state index contributed by atoms with van der Waals surface area (Å²) in [6.45, 7) is 2.27. The molecule has 3 rings (SSSR count). The van der Waals surface area contributed by atoms with E-state index in [4.69, 9.17) is 0 Å². The average Bonchev–Trinajstić information content (AvgIpc) is 2.69. The fraction of sp³-hybridized carbons (Fsp3) is 0.200. The normalized spacial score (nSPS) is 10.4. The van der Waals surface area contributed by atoms with Gasteiger partial charge in [-0.15, -0.1) is 0 Å². The van der Waals surface area contributed by atoms with Crippen LogP contribution in [0.1, 0.15) is 21.5 Å². The highest BCUT2D eigenvalue weighted by Gasteiger charge is 2.17. The molecule has 0 aliphatic rings. The number of halogens is 1. The summed E-state index contributed by atoms with van der Waals surface area (Å²) in [6, 6.07) is 7.91. The molecule has 7 nitrogen and oxygen atoms in total. The van der Waals surface area contributed by atoms with Crippen molar-refractivity contribution >= 4 is 23.4 Å². The van der Waals surface area contributed by atoms with Gasteiger partial charge in [0.15, 0.2) is 0 Å². The van der Waals surface area contributed by atoms with Crippen LogP contribution in [0.5, 0.6) is 0 Å². The molecule has 0 atom stereocenters. The second-order valence-corrected chi connectivity index (χ2v) is 6.42. The van der Waals surface area contributed by atoms with Gasteiger partial charge in [-0.1, -0.05) is 12.1 Å². The number of nitrogens with zero attached hydrogens (tertiary/aromatic N) is 4. The Morgan fingerprint density at radius 3 is 2.54 bits per heavy atom. The first-order valence-corrected chi connectivity index (χ1v) is 8.68. The lowest BCUT2D eigenvalue weighted by molar-refractivity contribution is 0.0827.